The number of carbonyl (C=O) groups excluding carboxylic acids is 4. The van der Waals surface area contributed by atoms with E-state index in [0.717, 1.165) is 156 Å². The lowest BCUT2D eigenvalue weighted by Crippen LogP contribution is -2.49. The van der Waals surface area contributed by atoms with E-state index in [4.69, 9.17) is 52.3 Å². The zero-order valence-corrected chi connectivity index (χ0v) is 90.2. The summed E-state index contributed by atoms with van der Waals surface area (Å²) < 4.78 is 49.8. The smallest absolute Gasteiger partial charge is 0.411 e. The molecule has 144 heavy (non-hydrogen) atoms. The predicted octanol–water partition coefficient (Wildman–Crippen LogP) is 23.9. The van der Waals surface area contributed by atoms with Crippen molar-refractivity contribution >= 4 is 52.0 Å². The van der Waals surface area contributed by atoms with E-state index < -0.39 is 33.3 Å². The Bertz CT molecular complexity index is 6330. The number of ether oxygens (including phenoxy) is 6. The summed E-state index contributed by atoms with van der Waals surface area (Å²) in [6, 6.07) is 56.2. The molecule has 11 aromatic rings. The third-order valence-corrected chi connectivity index (χ3v) is 26.7. The first-order chi connectivity index (χ1) is 68.6. The Morgan fingerprint density at radius 3 is 1.08 bits per heavy atom. The maximum Gasteiger partial charge on any atom is 0.411 e. The molecule has 7 heterocycles. The zero-order valence-electron chi connectivity index (χ0n) is 88.2. The van der Waals surface area contributed by atoms with Crippen molar-refractivity contribution in [1.82, 2.24) is 55.8 Å². The van der Waals surface area contributed by atoms with Crippen molar-refractivity contribution in [2.75, 3.05) is 28.4 Å². The van der Waals surface area contributed by atoms with Crippen LogP contribution in [0.5, 0.6) is 23.0 Å². The number of carbonyl (C=O) groups is 5. The second-order valence-electron chi connectivity index (χ2n) is 41.0. The van der Waals surface area contributed by atoms with Crippen LogP contribution in [0.2, 0.25) is 39.3 Å². The third kappa shape index (κ3) is 30.5. The number of nitrogens with one attached hydrogen (secondary N) is 2. The Labute approximate surface area is 851 Å². The molecule has 8 aromatic carbocycles. The maximum absolute atomic E-state index is 13.7. The summed E-state index contributed by atoms with van der Waals surface area (Å²) >= 11 is 0. The number of amides is 4. The van der Waals surface area contributed by atoms with E-state index in [1.807, 2.05) is 162 Å². The normalized spacial score (nSPS) is 17.3. The van der Waals surface area contributed by atoms with Crippen molar-refractivity contribution in [3.63, 3.8) is 0 Å². The van der Waals surface area contributed by atoms with Gasteiger partial charge in [0.1, 0.15) is 56.2 Å². The van der Waals surface area contributed by atoms with Gasteiger partial charge in [-0.2, -0.15) is 15.0 Å². The predicted molar refractivity (Wildman–Crippen MR) is 566 cm³/mol. The topological polar surface area (TPSA) is 344 Å². The fraction of sp³-hybridized carbons (Fsp3) is 0.439. The van der Waals surface area contributed by atoms with Crippen LogP contribution in [0.25, 0.3) is 34.4 Å². The van der Waals surface area contributed by atoms with Crippen LogP contribution in [0.3, 0.4) is 0 Å². The summed E-state index contributed by atoms with van der Waals surface area (Å²) in [7, 11) is 3.58. The highest BCUT2D eigenvalue weighted by atomic mass is 28.3. The number of unbranched alkanes of at least 4 members (excludes halogenated alkanes) is 4. The molecule has 0 spiro atoms. The number of rotatable bonds is 24. The standard InChI is InChI=1S/C29H35N3O3Si.C28H37N3O5.C28H35N3O4.C23H27N3O2.C6H10O2Si/c1-7-8-9-24-18-23-19-25(34-3)14-15-26(23)28(32(24)27(33)16-17-36(4,5)6)21-10-12-22(13-11-21)29-30-20(2)31-35-29;1-7-8-9-22-16-21-17-23(35-6)14-15-24(21)25(31(22)27(33)36-28(3,4)5)19-10-12-20(13-11-19)26(32)29-18(2)30-34;1-7-8-9-22-16-21-17-23(33-6)14-15-24(21)25(31(22)27(32)34-28(3,4)5)19-10-12-20(13-11-19)26-29-18(2)30-35-26;1-4-5-6-19-13-18-14-20(27-3)11-12-21(18)22(25-19)16-7-9-17(10-8-16)23-24-15(2)26-28-23;1-9(2,3)5-4-6(7)8/h10-15,19,24,28H,7-9,18H2,1-6H3;10-15,17,22,25,34H,7-9,16H2,1-6H3,(H,29,30,32);10-15,17,22,25H,7-9,16H2,1-6H3;7-12,14,19,22,25H,4-6,13H2,1-3H3;1-3H3,(H,7,8)/t24-,28-;2*22-,25-;19-,22-;/m0000./s1. The van der Waals surface area contributed by atoms with Crippen molar-refractivity contribution in [2.24, 2.45) is 5.16 Å². The van der Waals surface area contributed by atoms with Gasteiger partial charge in [-0.1, -0.05) is 212 Å². The van der Waals surface area contributed by atoms with Crippen LogP contribution in [0, 0.1) is 43.7 Å². The third-order valence-electron chi connectivity index (χ3n) is 24.9. The van der Waals surface area contributed by atoms with Gasteiger partial charge in [0, 0.05) is 52.3 Å². The lowest BCUT2D eigenvalue weighted by molar-refractivity contribution is -0.131. The molecule has 4 aliphatic rings. The summed E-state index contributed by atoms with van der Waals surface area (Å²) in [5.74, 6) is 10.5. The van der Waals surface area contributed by atoms with E-state index in [2.05, 4.69) is 195 Å². The van der Waals surface area contributed by atoms with E-state index in [9.17, 15) is 24.0 Å². The summed E-state index contributed by atoms with van der Waals surface area (Å²) in [4.78, 5) is 82.2. The van der Waals surface area contributed by atoms with Gasteiger partial charge in [-0.25, -0.2) is 14.4 Å². The molecule has 8 atom stereocenters. The lowest BCUT2D eigenvalue weighted by Gasteiger charge is -2.44. The number of aliphatic carboxylic acids is 1. The lowest BCUT2D eigenvalue weighted by atomic mass is 9.82. The van der Waals surface area contributed by atoms with E-state index in [1.54, 1.807) is 54.4 Å². The Kier molecular flexibility index (Phi) is 38.8. The molecule has 0 saturated heterocycles. The molecule has 0 radical (unpaired) electrons. The minimum Gasteiger partial charge on any atom is -0.497 e. The molecule has 0 aliphatic carbocycles. The molecule has 4 N–H and O–H groups in total. The van der Waals surface area contributed by atoms with Crippen LogP contribution in [-0.2, 0) is 44.7 Å². The van der Waals surface area contributed by atoms with E-state index in [0.29, 0.717) is 53.2 Å². The number of carboxylic acid groups (broad SMARTS) is 1. The maximum atomic E-state index is 13.7. The summed E-state index contributed by atoms with van der Waals surface area (Å²) in [5, 5.41) is 38.0. The monoisotopic (exact) mass is 1990 g/mol. The van der Waals surface area contributed by atoms with Crippen molar-refractivity contribution in [3.8, 4) is 80.3 Å². The van der Waals surface area contributed by atoms with E-state index in [-0.39, 0.29) is 72.1 Å². The summed E-state index contributed by atoms with van der Waals surface area (Å²) in [6.45, 7) is 39.5. The molecule has 15 rings (SSSR count). The van der Waals surface area contributed by atoms with Gasteiger partial charge in [0.2, 0.25) is 0 Å². The summed E-state index contributed by atoms with van der Waals surface area (Å²) in [5.41, 5.74) is 21.5. The number of hydrogen-bond acceptors (Lipinski definition) is 23. The molecule has 0 fully saturated rings. The number of amidine groups is 1. The van der Waals surface area contributed by atoms with Crippen molar-refractivity contribution in [2.45, 2.75) is 298 Å². The minimum absolute atomic E-state index is 0.0210. The van der Waals surface area contributed by atoms with Crippen LogP contribution in [0.4, 0.5) is 9.59 Å². The highest BCUT2D eigenvalue weighted by Crippen LogP contribution is 2.47. The number of benzene rings is 8. The van der Waals surface area contributed by atoms with E-state index >= 15 is 0 Å². The Hall–Kier alpha value is -13.7. The molecule has 0 saturated carbocycles. The fourth-order valence-electron chi connectivity index (χ4n) is 18.1. The average Bonchev–Trinajstić information content (AvgIpc) is 1.03. The average molecular weight is 1990 g/mol. The van der Waals surface area contributed by atoms with Gasteiger partial charge >= 0.3 is 18.2 Å². The SMILES string of the molecule is CCCC[C@H]1Cc2cc(OC)ccc2[C@H](c2ccc(-c3nc(C)no3)cc2)N1.CCCC[C@H]1Cc2cc(OC)ccc2[C@H](c2ccc(-c3nc(C)no3)cc2)N1C(=O)C#C[Si](C)(C)C.CCCC[C@H]1Cc2cc(OC)ccc2[C@H](c2ccc(-c3nc(C)no3)cc2)N1C(=O)OC(C)(C)C.CCCC[C@H]1Cc2cc(OC)ccc2[C@H](c2ccc(C(=O)N/C(C)=N/O)cc2)N1C(=O)OC(C)(C)C.C[Si](C)(C)C#CC(=O)O. The van der Waals surface area contributed by atoms with Gasteiger partial charge in [-0.05, 0) is 290 Å². The molecule has 764 valence electrons. The van der Waals surface area contributed by atoms with Gasteiger partial charge in [0.25, 0.3) is 29.5 Å². The molecular weight excluding hydrogens is 1850 g/mol. The Balaban J connectivity index is 0.000000178. The van der Waals surface area contributed by atoms with Crippen LogP contribution in [0.1, 0.15) is 272 Å². The highest BCUT2D eigenvalue weighted by Gasteiger charge is 2.44. The number of hydrogen-bond donors (Lipinski definition) is 4. The minimum atomic E-state index is -1.71. The molecule has 0 unspecified atom stereocenters. The largest absolute Gasteiger partial charge is 0.497 e. The van der Waals surface area contributed by atoms with Crippen LogP contribution >= 0.6 is 0 Å². The first kappa shape index (κ1) is 111. The van der Waals surface area contributed by atoms with Crippen molar-refractivity contribution in [3.05, 3.63) is 260 Å². The first-order valence-corrected chi connectivity index (χ1v) is 57.0. The van der Waals surface area contributed by atoms with Gasteiger partial charge in [0.05, 0.1) is 52.6 Å². The van der Waals surface area contributed by atoms with Gasteiger partial charge in [-0.3, -0.25) is 19.4 Å². The molecule has 28 nitrogen and oxygen atoms in total. The molecular formula is C114H144N12O16Si2. The van der Waals surface area contributed by atoms with Gasteiger partial charge < -0.3 is 67.8 Å². The van der Waals surface area contributed by atoms with Crippen molar-refractivity contribution in [1.29, 1.82) is 0 Å². The number of nitrogens with zero attached hydrogens (tertiary/aromatic N) is 10. The van der Waals surface area contributed by atoms with Crippen LogP contribution in [0.15, 0.2) is 189 Å². The second kappa shape index (κ2) is 50.5. The van der Waals surface area contributed by atoms with Gasteiger partial charge in [0.15, 0.2) is 17.5 Å². The van der Waals surface area contributed by atoms with E-state index in [1.165, 1.54) is 54.0 Å². The van der Waals surface area contributed by atoms with Crippen molar-refractivity contribution < 1.29 is 76.3 Å². The molecule has 30 heteroatoms. The number of fused-ring (bicyclic) bond motifs is 4. The second-order valence-corrected chi connectivity index (χ2v) is 50.5. The molecule has 4 aliphatic heterocycles. The molecule has 4 amide bonds. The quantitative estimate of drug-likeness (QED) is 0.0109. The Morgan fingerprint density at radius 1 is 0.444 bits per heavy atom. The number of methoxy groups -OCH3 is 4. The zero-order chi connectivity index (χ0) is 104. The fourth-order valence-corrected chi connectivity index (χ4v) is 19.1. The Morgan fingerprint density at radius 2 is 0.764 bits per heavy atom. The highest BCUT2D eigenvalue weighted by molar-refractivity contribution is 6.84. The van der Waals surface area contributed by atoms with Crippen LogP contribution < -0.4 is 29.6 Å². The number of aromatic nitrogens is 6. The van der Waals surface area contributed by atoms with Gasteiger partial charge in [-0.15, -0.1) is 11.1 Å². The van der Waals surface area contributed by atoms with Crippen LogP contribution in [-0.4, -0.2) is 171 Å². The molecule has 0 bridgehead atoms. The number of carboxylic acids is 1. The number of oxime groups is 1. The summed E-state index contributed by atoms with van der Waals surface area (Å²) in [6.07, 6.45) is 15.2. The molecule has 3 aromatic heterocycles. The number of aryl methyl sites for hydroxylation is 3. The first-order valence-electron chi connectivity index (χ1n) is 50.0.